The molecule has 0 unspecified atom stereocenters. The molecule has 0 saturated carbocycles. The van der Waals surface area contributed by atoms with E-state index in [4.69, 9.17) is 0 Å². The largest absolute Gasteiger partial charge is 0.356 e. The SMILES string of the molecule is Cc1cc(C)n(CCCNC(=O)C2CCN(S(=O)(=O)c3ccc4c(c3)CCC4)CC2)n1. The fraction of sp³-hybridized carbons (Fsp3) is 0.565. The number of nitrogens with one attached hydrogen (secondary N) is 1. The number of sulfonamides is 1. The van der Waals surface area contributed by atoms with Crippen molar-refractivity contribution in [1.29, 1.82) is 0 Å². The lowest BCUT2D eigenvalue weighted by molar-refractivity contribution is -0.126. The van der Waals surface area contributed by atoms with Crippen molar-refractivity contribution >= 4 is 15.9 Å². The molecule has 0 radical (unpaired) electrons. The van der Waals surface area contributed by atoms with E-state index in [0.717, 1.165) is 49.2 Å². The number of fused-ring (bicyclic) bond motifs is 1. The number of hydrogen-bond acceptors (Lipinski definition) is 4. The van der Waals surface area contributed by atoms with Crippen LogP contribution in [0.15, 0.2) is 29.2 Å². The molecule has 0 spiro atoms. The number of amides is 1. The predicted octanol–water partition coefficient (Wildman–Crippen LogP) is 2.60. The van der Waals surface area contributed by atoms with Gasteiger partial charge >= 0.3 is 0 Å². The van der Waals surface area contributed by atoms with Gasteiger partial charge in [-0.15, -0.1) is 0 Å². The second-order valence-corrected chi connectivity index (χ2v) is 10.7. The molecule has 1 aliphatic heterocycles. The van der Waals surface area contributed by atoms with E-state index in [1.54, 1.807) is 6.07 Å². The number of aromatic nitrogens is 2. The first-order valence-corrected chi connectivity index (χ1v) is 12.7. The Kier molecular flexibility index (Phi) is 6.48. The minimum Gasteiger partial charge on any atom is -0.356 e. The molecular weight excluding hydrogens is 412 g/mol. The Morgan fingerprint density at radius 1 is 1.13 bits per heavy atom. The molecule has 0 bridgehead atoms. The van der Waals surface area contributed by atoms with E-state index >= 15 is 0 Å². The smallest absolute Gasteiger partial charge is 0.243 e. The summed E-state index contributed by atoms with van der Waals surface area (Å²) in [6.07, 6.45) is 5.04. The van der Waals surface area contributed by atoms with Crippen molar-refractivity contribution in [3.63, 3.8) is 0 Å². The number of aryl methyl sites for hydroxylation is 5. The van der Waals surface area contributed by atoms with E-state index in [2.05, 4.69) is 10.4 Å². The van der Waals surface area contributed by atoms with Crippen molar-refractivity contribution in [2.24, 2.45) is 5.92 Å². The predicted molar refractivity (Wildman–Crippen MR) is 119 cm³/mol. The van der Waals surface area contributed by atoms with Crippen LogP contribution in [0.5, 0.6) is 0 Å². The molecule has 2 heterocycles. The van der Waals surface area contributed by atoms with Gasteiger partial charge in [0.15, 0.2) is 0 Å². The zero-order valence-corrected chi connectivity index (χ0v) is 19.2. The number of carbonyl (C=O) groups is 1. The molecule has 168 valence electrons. The molecule has 2 aliphatic rings. The molecule has 0 atom stereocenters. The van der Waals surface area contributed by atoms with Gasteiger partial charge in [0, 0.05) is 37.8 Å². The summed E-state index contributed by atoms with van der Waals surface area (Å²) in [6, 6.07) is 7.59. The third kappa shape index (κ3) is 4.85. The van der Waals surface area contributed by atoms with Crippen LogP contribution >= 0.6 is 0 Å². The average molecular weight is 445 g/mol. The monoisotopic (exact) mass is 444 g/mol. The van der Waals surface area contributed by atoms with Crippen molar-refractivity contribution in [1.82, 2.24) is 19.4 Å². The van der Waals surface area contributed by atoms with Gasteiger partial charge in [0.1, 0.15) is 0 Å². The first kappa shape index (κ1) is 22.0. The van der Waals surface area contributed by atoms with Gasteiger partial charge < -0.3 is 5.32 Å². The summed E-state index contributed by atoms with van der Waals surface area (Å²) < 4.78 is 29.6. The first-order valence-electron chi connectivity index (χ1n) is 11.3. The van der Waals surface area contributed by atoms with Gasteiger partial charge in [-0.2, -0.15) is 9.40 Å². The van der Waals surface area contributed by atoms with E-state index in [0.29, 0.717) is 37.4 Å². The van der Waals surface area contributed by atoms with Crippen LogP contribution in [0.4, 0.5) is 0 Å². The summed E-state index contributed by atoms with van der Waals surface area (Å²) in [6.45, 7) is 6.17. The minimum absolute atomic E-state index is 0.0305. The molecule has 1 saturated heterocycles. The number of rotatable bonds is 7. The molecule has 31 heavy (non-hydrogen) atoms. The molecule has 1 amide bonds. The molecule has 1 aromatic heterocycles. The highest BCUT2D eigenvalue weighted by Crippen LogP contribution is 2.28. The highest BCUT2D eigenvalue weighted by atomic mass is 32.2. The number of benzene rings is 1. The van der Waals surface area contributed by atoms with Crippen molar-refractivity contribution in [2.45, 2.75) is 63.8 Å². The van der Waals surface area contributed by atoms with Crippen LogP contribution in [0.1, 0.15) is 48.2 Å². The van der Waals surface area contributed by atoms with Gasteiger partial charge in [0.2, 0.25) is 15.9 Å². The lowest BCUT2D eigenvalue weighted by Gasteiger charge is -2.30. The van der Waals surface area contributed by atoms with E-state index < -0.39 is 10.0 Å². The van der Waals surface area contributed by atoms with Crippen LogP contribution in [0.3, 0.4) is 0 Å². The summed E-state index contributed by atoms with van der Waals surface area (Å²) in [5.41, 5.74) is 4.56. The average Bonchev–Trinajstić information content (AvgIpc) is 3.36. The number of carbonyl (C=O) groups excluding carboxylic acids is 1. The number of hydrogen-bond donors (Lipinski definition) is 1. The molecule has 7 nitrogen and oxygen atoms in total. The fourth-order valence-corrected chi connectivity index (χ4v) is 6.22. The van der Waals surface area contributed by atoms with Crippen molar-refractivity contribution < 1.29 is 13.2 Å². The third-order valence-electron chi connectivity index (χ3n) is 6.48. The van der Waals surface area contributed by atoms with Gasteiger partial charge in [0.05, 0.1) is 10.6 Å². The first-order chi connectivity index (χ1) is 14.8. The highest BCUT2D eigenvalue weighted by molar-refractivity contribution is 7.89. The lowest BCUT2D eigenvalue weighted by atomic mass is 9.97. The standard InChI is InChI=1S/C23H32N4O3S/c1-17-15-18(2)27(25-17)12-4-11-24-23(28)20-9-13-26(14-10-20)31(29,30)22-8-7-19-5-3-6-21(19)16-22/h7-8,15-16,20H,3-6,9-14H2,1-2H3,(H,24,28). The summed E-state index contributed by atoms with van der Waals surface area (Å²) in [5.74, 6) is -0.0944. The Hall–Kier alpha value is -2.19. The van der Waals surface area contributed by atoms with Gasteiger partial charge in [-0.25, -0.2) is 8.42 Å². The van der Waals surface area contributed by atoms with Crippen molar-refractivity contribution in [3.05, 3.63) is 46.8 Å². The Labute approximate surface area is 184 Å². The zero-order valence-electron chi connectivity index (χ0n) is 18.4. The molecule has 1 aliphatic carbocycles. The molecule has 8 heteroatoms. The van der Waals surface area contributed by atoms with Gasteiger partial charge in [-0.1, -0.05) is 6.07 Å². The van der Waals surface area contributed by atoms with Crippen LogP contribution in [-0.2, 0) is 34.2 Å². The maximum atomic E-state index is 13.1. The van der Waals surface area contributed by atoms with Crippen LogP contribution in [-0.4, -0.2) is 48.0 Å². The lowest BCUT2D eigenvalue weighted by Crippen LogP contribution is -2.43. The van der Waals surface area contributed by atoms with Crippen LogP contribution in [0.2, 0.25) is 0 Å². The summed E-state index contributed by atoms with van der Waals surface area (Å²) in [5, 5.41) is 7.45. The molecule has 1 N–H and O–H groups in total. The van der Waals surface area contributed by atoms with E-state index in [1.807, 2.05) is 36.7 Å². The Balaban J connectivity index is 1.25. The molecule has 1 fully saturated rings. The molecule has 2 aromatic rings. The van der Waals surface area contributed by atoms with Gasteiger partial charge in [0.25, 0.3) is 0 Å². The fourth-order valence-electron chi connectivity index (χ4n) is 4.70. The van der Waals surface area contributed by atoms with E-state index in [-0.39, 0.29) is 11.8 Å². The van der Waals surface area contributed by atoms with Crippen molar-refractivity contribution in [3.8, 4) is 0 Å². The molecule has 4 rings (SSSR count). The van der Waals surface area contributed by atoms with Crippen LogP contribution < -0.4 is 5.32 Å². The zero-order chi connectivity index (χ0) is 22.0. The third-order valence-corrected chi connectivity index (χ3v) is 8.38. The van der Waals surface area contributed by atoms with Gasteiger partial charge in [-0.3, -0.25) is 9.48 Å². The second-order valence-electron chi connectivity index (χ2n) is 8.76. The van der Waals surface area contributed by atoms with Crippen LogP contribution in [0, 0.1) is 19.8 Å². The summed E-state index contributed by atoms with van der Waals surface area (Å²) in [7, 11) is -3.49. The number of piperidine rings is 1. The Morgan fingerprint density at radius 3 is 2.58 bits per heavy atom. The van der Waals surface area contributed by atoms with Crippen molar-refractivity contribution in [2.75, 3.05) is 19.6 Å². The quantitative estimate of drug-likeness (QED) is 0.666. The van der Waals surface area contributed by atoms with Crippen LogP contribution in [0.25, 0.3) is 0 Å². The highest BCUT2D eigenvalue weighted by Gasteiger charge is 2.32. The van der Waals surface area contributed by atoms with E-state index in [1.165, 1.54) is 9.87 Å². The molecular formula is C23H32N4O3S. The Bertz CT molecular complexity index is 1050. The Morgan fingerprint density at radius 2 is 1.87 bits per heavy atom. The normalized spacial score (nSPS) is 17.6. The topological polar surface area (TPSA) is 84.3 Å². The van der Waals surface area contributed by atoms with E-state index in [9.17, 15) is 13.2 Å². The summed E-state index contributed by atoms with van der Waals surface area (Å²) >= 11 is 0. The summed E-state index contributed by atoms with van der Waals surface area (Å²) in [4.78, 5) is 12.9. The van der Waals surface area contributed by atoms with Gasteiger partial charge in [-0.05, 0) is 81.7 Å². The maximum absolute atomic E-state index is 13.1. The second kappa shape index (κ2) is 9.12. The molecule has 1 aromatic carbocycles. The maximum Gasteiger partial charge on any atom is 0.243 e. The minimum atomic E-state index is -3.49. The number of nitrogens with zero attached hydrogens (tertiary/aromatic N) is 3.